The van der Waals surface area contributed by atoms with Gasteiger partial charge in [0.15, 0.2) is 0 Å². The number of aliphatic hydroxyl groups is 11. The normalized spacial score (nSPS) is 16.4. The number of carbonyl (C=O) groups is 9. The lowest BCUT2D eigenvalue weighted by Crippen LogP contribution is -2.61. The van der Waals surface area contributed by atoms with Crippen LogP contribution in [0.4, 0.5) is 5.95 Å². The summed E-state index contributed by atoms with van der Waals surface area (Å²) < 4.78 is 3.81. The number of esters is 1. The van der Waals surface area contributed by atoms with Crippen LogP contribution in [0.15, 0.2) is 23.0 Å². The Morgan fingerprint density at radius 1 is 0.696 bits per heavy atom. The van der Waals surface area contributed by atoms with Crippen LogP contribution in [0.5, 0.6) is 0 Å². The van der Waals surface area contributed by atoms with Crippen LogP contribution in [-0.4, -0.2) is 269 Å². The average molecular weight is 1370 g/mol. The fraction of sp³-hybridized carbons (Fsp3) is 0.642. The zero-order valence-corrected chi connectivity index (χ0v) is 52.4. The summed E-state index contributed by atoms with van der Waals surface area (Å²) in [4.78, 5) is 138. The van der Waals surface area contributed by atoms with Crippen LogP contribution in [0, 0.1) is 0 Å². The molecular formula is C53H83N11O25S3. The van der Waals surface area contributed by atoms with Gasteiger partial charge < -0.3 is 119 Å². The summed E-state index contributed by atoms with van der Waals surface area (Å²) in [6.45, 7) is -0.813. The van der Waals surface area contributed by atoms with Crippen molar-refractivity contribution in [2.45, 2.75) is 174 Å². The number of carboxylic acid groups (broad SMARTS) is 3. The predicted octanol–water partition coefficient (Wildman–Crippen LogP) is -7.08. The first-order valence-electron chi connectivity index (χ1n) is 28.6. The zero-order valence-electron chi connectivity index (χ0n) is 49.9. The molecule has 0 fully saturated rings. The quantitative estimate of drug-likeness (QED) is 0.0108. The summed E-state index contributed by atoms with van der Waals surface area (Å²) in [6.07, 6.45) is -20.2. The lowest BCUT2D eigenvalue weighted by molar-refractivity contribution is -0.144. The summed E-state index contributed by atoms with van der Waals surface area (Å²) in [5.41, 5.74) is 12.3. The molecule has 0 aliphatic carbocycles. The monoisotopic (exact) mass is 1370 g/mol. The van der Waals surface area contributed by atoms with Crippen molar-refractivity contribution in [2.24, 2.45) is 5.73 Å². The van der Waals surface area contributed by atoms with E-state index in [9.17, 15) is 109 Å². The number of nitrogens with two attached hydrogens (primary N) is 2. The number of hydrogen-bond acceptors (Lipinski definition) is 29. The van der Waals surface area contributed by atoms with E-state index in [4.69, 9.17) is 26.4 Å². The van der Waals surface area contributed by atoms with Gasteiger partial charge in [-0.3, -0.25) is 48.7 Å². The van der Waals surface area contributed by atoms with E-state index in [1.54, 1.807) is 12.1 Å². The average Bonchev–Trinajstić information content (AvgIpc) is 1.63. The molecule has 0 saturated heterocycles. The Balaban J connectivity index is 1.63. The molecule has 3 aromatic heterocycles. The number of carbonyl (C=O) groups excluding carboxylic acids is 6. The minimum absolute atomic E-state index is 0.0203. The summed E-state index contributed by atoms with van der Waals surface area (Å²) in [5, 5.41) is 153. The number of anilines is 1. The second-order valence-electron chi connectivity index (χ2n) is 21.6. The predicted molar refractivity (Wildman–Crippen MR) is 327 cm³/mol. The third-order valence-corrected chi connectivity index (χ3v) is 18.3. The Morgan fingerprint density at radius 3 is 1.84 bits per heavy atom. The summed E-state index contributed by atoms with van der Waals surface area (Å²) in [6, 6.07) is -3.28. The number of aryl methyl sites for hydroxylation is 2. The fourth-order valence-corrected chi connectivity index (χ4v) is 11.9. The number of amides is 5. The summed E-state index contributed by atoms with van der Waals surface area (Å²) in [5.74, 6) is -9.99. The summed E-state index contributed by atoms with van der Waals surface area (Å²) >= 11 is 1.15. The first kappa shape index (κ1) is 79.6. The van der Waals surface area contributed by atoms with Crippen molar-refractivity contribution in [1.29, 1.82) is 0 Å². The topological polar surface area (TPSA) is 632 Å². The standard InChI is InChI=1S/C53H83N11O25S3/c1-53(2,92-90-17-16-89-38(75)15-10-29(50(85)86)61-49(84)34-11-6-24(91-34)5-3-4-23-18-25-44(58-23)63-52(55)64-45(25)80)43(51(87)88)62-48(83)27(8-13-36(72)57-20-31(68)40(77)42(79)33(70)22-66)60-47(82)28(9-14-37(73)74)59-46(81)26(54)7-12-35(71)56-19-30(67)39(76)41(78)32(69)21-65/h6,11,18,26-33,39-43,47,60,65-70,76-79,82H,3-5,7-10,12-17,19-22,54H2,1-2H3,(H,56,71)(H,57,72)(H,59,81)(H,61,84)(H,62,83)(H,73,74)(H,85,86)(H,87,88)(H4,55,58,63,64,80). The van der Waals surface area contributed by atoms with E-state index in [0.29, 0.717) is 30.3 Å². The molecule has 0 saturated carbocycles. The summed E-state index contributed by atoms with van der Waals surface area (Å²) in [7, 11) is 1.91. The van der Waals surface area contributed by atoms with Crippen LogP contribution >= 0.6 is 32.9 Å². The van der Waals surface area contributed by atoms with E-state index in [-0.39, 0.29) is 35.2 Å². The molecule has 3 rings (SSSR count). The van der Waals surface area contributed by atoms with Crippen LogP contribution in [0.2, 0.25) is 0 Å². The number of H-pyrrole nitrogens is 2. The second-order valence-corrected chi connectivity index (χ2v) is 25.9. The van der Waals surface area contributed by atoms with Gasteiger partial charge in [0, 0.05) is 55.1 Å². The number of nitrogens with one attached hydrogen (secondary N) is 8. The van der Waals surface area contributed by atoms with Crippen LogP contribution in [0.25, 0.3) is 11.0 Å². The van der Waals surface area contributed by atoms with E-state index < -0.39 is 215 Å². The number of ether oxygens (including phenoxy) is 1. The molecule has 3 aromatic rings. The Labute approximate surface area is 536 Å². The van der Waals surface area contributed by atoms with Gasteiger partial charge in [-0.1, -0.05) is 21.6 Å². The molecule has 3 heterocycles. The molecule has 0 aliphatic rings. The first-order chi connectivity index (χ1) is 43.2. The van der Waals surface area contributed by atoms with Crippen molar-refractivity contribution >= 4 is 103 Å². The van der Waals surface area contributed by atoms with Crippen LogP contribution in [0.3, 0.4) is 0 Å². The smallest absolute Gasteiger partial charge is 0.327 e. The highest BCUT2D eigenvalue weighted by Crippen LogP contribution is 2.38. The number of aliphatic carboxylic acids is 3. The van der Waals surface area contributed by atoms with E-state index in [0.717, 1.165) is 43.5 Å². The van der Waals surface area contributed by atoms with Crippen LogP contribution < -0.4 is 48.9 Å². The molecule has 14 unspecified atom stereocenters. The Hall–Kier alpha value is -6.67. The molecule has 0 bridgehead atoms. The van der Waals surface area contributed by atoms with Crippen molar-refractivity contribution in [1.82, 2.24) is 46.9 Å². The van der Waals surface area contributed by atoms with Gasteiger partial charge in [0.25, 0.3) is 11.5 Å². The lowest BCUT2D eigenvalue weighted by atomic mass is 10.0. The Bertz CT molecular complexity index is 2970. The Morgan fingerprint density at radius 2 is 1.27 bits per heavy atom. The van der Waals surface area contributed by atoms with Crippen molar-refractivity contribution in [3.05, 3.63) is 44.0 Å². The van der Waals surface area contributed by atoms with Gasteiger partial charge in [0.1, 0.15) is 67.2 Å². The molecule has 0 radical (unpaired) electrons. The highest BCUT2D eigenvalue weighted by atomic mass is 33.1. The highest BCUT2D eigenvalue weighted by molar-refractivity contribution is 8.77. The van der Waals surface area contributed by atoms with E-state index >= 15 is 0 Å². The number of fused-ring (bicyclic) bond motifs is 1. The van der Waals surface area contributed by atoms with Crippen molar-refractivity contribution in [3.63, 3.8) is 0 Å². The molecule has 0 aromatic carbocycles. The number of carboxylic acids is 3. The lowest BCUT2D eigenvalue weighted by Gasteiger charge is -2.33. The fourth-order valence-electron chi connectivity index (χ4n) is 8.51. The van der Waals surface area contributed by atoms with E-state index in [1.165, 1.54) is 19.9 Å². The molecule has 39 heteroatoms. The molecule has 5 amide bonds. The minimum Gasteiger partial charge on any atom is -0.481 e. The van der Waals surface area contributed by atoms with Gasteiger partial charge in [-0.25, -0.2) is 9.59 Å². The highest BCUT2D eigenvalue weighted by Gasteiger charge is 2.40. The van der Waals surface area contributed by atoms with Crippen LogP contribution in [-0.2, 0) is 55.9 Å². The number of thiophene rings is 1. The van der Waals surface area contributed by atoms with Gasteiger partial charge in [-0.05, 0) is 77.0 Å². The van der Waals surface area contributed by atoms with Crippen molar-refractivity contribution in [3.8, 4) is 0 Å². The van der Waals surface area contributed by atoms with Gasteiger partial charge in [-0.2, -0.15) is 4.98 Å². The third-order valence-electron chi connectivity index (χ3n) is 13.9. The van der Waals surface area contributed by atoms with Gasteiger partial charge >= 0.3 is 23.9 Å². The maximum absolute atomic E-state index is 14.1. The number of aliphatic hydroxyl groups excluding tert-OH is 11. The second kappa shape index (κ2) is 39.1. The first-order valence-corrected chi connectivity index (χ1v) is 31.7. The van der Waals surface area contributed by atoms with Crippen LogP contribution in [0.1, 0.15) is 91.9 Å². The van der Waals surface area contributed by atoms with Gasteiger partial charge in [-0.15, -0.1) is 11.3 Å². The maximum atomic E-state index is 14.1. The number of aromatic nitrogens is 3. The number of aromatic amines is 2. The molecule has 518 valence electrons. The molecule has 26 N–H and O–H groups in total. The molecule has 92 heavy (non-hydrogen) atoms. The largest absolute Gasteiger partial charge is 0.481 e. The number of nitrogen functional groups attached to an aromatic ring is 1. The van der Waals surface area contributed by atoms with E-state index in [1.807, 2.05) is 0 Å². The van der Waals surface area contributed by atoms with E-state index in [2.05, 4.69) is 46.9 Å². The molecule has 14 atom stereocenters. The van der Waals surface area contributed by atoms with Crippen molar-refractivity contribution < 1.29 is 119 Å². The number of nitrogens with zero attached hydrogens (tertiary/aromatic N) is 1. The van der Waals surface area contributed by atoms with Crippen molar-refractivity contribution in [2.75, 3.05) is 44.4 Å². The zero-order chi connectivity index (χ0) is 69.2. The third kappa shape index (κ3) is 26.7. The molecule has 0 aliphatic heterocycles. The minimum atomic E-state index is -2.09. The molecule has 0 spiro atoms. The Kier molecular flexibility index (Phi) is 33.8. The molecular weight excluding hydrogens is 1290 g/mol. The van der Waals surface area contributed by atoms with Gasteiger partial charge in [0.2, 0.25) is 29.6 Å². The number of hydrogen-bond donors (Lipinski definition) is 24. The maximum Gasteiger partial charge on any atom is 0.327 e. The van der Waals surface area contributed by atoms with Gasteiger partial charge in [0.05, 0.1) is 58.6 Å². The number of rotatable bonds is 45. The SMILES string of the molecule is CC(C)(SSCCOC(=O)CCC(NC(=O)c1ccc(CCCc2cc3c(=O)[nH]c(N)nc3[nH]2)s1)C(=O)O)C(NC(=O)C(CCC(=O)NCC(O)C(O)C(O)C(O)CO)NC(O)C(CCC(=O)O)NC(=O)C(N)CCC(=O)NCC(O)C(O)C(O)C(O)CO)C(=O)O. The molecule has 36 nitrogen and oxygen atoms in total.